The number of hydrogen-bond acceptors (Lipinski definition) is 4. The van der Waals surface area contributed by atoms with Crippen molar-refractivity contribution in [1.82, 2.24) is 10.2 Å². The van der Waals surface area contributed by atoms with Gasteiger partial charge in [-0.1, -0.05) is 0 Å². The third-order valence-electron chi connectivity index (χ3n) is 2.31. The van der Waals surface area contributed by atoms with Gasteiger partial charge in [-0.2, -0.15) is 5.26 Å². The van der Waals surface area contributed by atoms with E-state index in [0.717, 1.165) is 12.8 Å². The highest BCUT2D eigenvalue weighted by Gasteiger charge is 2.47. The first-order valence-corrected chi connectivity index (χ1v) is 4.22. The van der Waals surface area contributed by atoms with E-state index in [1.165, 1.54) is 0 Å². The number of nitrogens with two attached hydrogens (primary N) is 1. The molecule has 0 atom stereocenters. The van der Waals surface area contributed by atoms with Crippen LogP contribution in [0.25, 0.3) is 0 Å². The molecule has 1 fully saturated rings. The van der Waals surface area contributed by atoms with Gasteiger partial charge < -0.3 is 5.73 Å². The standard InChI is InChI=1S/C8H12N4O2/c1-12(8(5-9)2-3-8)4-6(13)11-7(10)14/h2-4H2,1H3,(H3,10,11,13,14). The molecule has 0 aliphatic heterocycles. The van der Waals surface area contributed by atoms with Gasteiger partial charge in [-0.3, -0.25) is 15.0 Å². The van der Waals surface area contributed by atoms with E-state index in [2.05, 4.69) is 6.07 Å². The summed E-state index contributed by atoms with van der Waals surface area (Å²) in [5, 5.41) is 10.8. The van der Waals surface area contributed by atoms with Crippen LogP contribution in [-0.4, -0.2) is 36.0 Å². The van der Waals surface area contributed by atoms with Crippen LogP contribution in [0.2, 0.25) is 0 Å². The largest absolute Gasteiger partial charge is 0.351 e. The molecule has 1 aliphatic carbocycles. The van der Waals surface area contributed by atoms with Gasteiger partial charge in [0.1, 0.15) is 5.54 Å². The molecule has 0 aromatic rings. The van der Waals surface area contributed by atoms with Crippen molar-refractivity contribution in [3.63, 3.8) is 0 Å². The molecule has 14 heavy (non-hydrogen) atoms. The Labute approximate surface area is 81.7 Å². The molecule has 3 N–H and O–H groups in total. The molecule has 0 saturated heterocycles. The number of nitrogens with zero attached hydrogens (tertiary/aromatic N) is 2. The fourth-order valence-corrected chi connectivity index (χ4v) is 1.24. The van der Waals surface area contributed by atoms with Crippen LogP contribution in [0.4, 0.5) is 4.79 Å². The Balaban J connectivity index is 2.42. The lowest BCUT2D eigenvalue weighted by Gasteiger charge is -2.20. The van der Waals surface area contributed by atoms with Crippen molar-refractivity contribution in [2.24, 2.45) is 5.73 Å². The van der Waals surface area contributed by atoms with Gasteiger partial charge in [0.25, 0.3) is 0 Å². The quantitative estimate of drug-likeness (QED) is 0.615. The van der Waals surface area contributed by atoms with Gasteiger partial charge in [0.15, 0.2) is 0 Å². The lowest BCUT2D eigenvalue weighted by atomic mass is 10.2. The number of carbonyl (C=O) groups is 2. The van der Waals surface area contributed by atoms with Gasteiger partial charge >= 0.3 is 6.03 Å². The second-order valence-electron chi connectivity index (χ2n) is 3.41. The van der Waals surface area contributed by atoms with Gasteiger partial charge in [0, 0.05) is 0 Å². The zero-order chi connectivity index (χ0) is 10.8. The molecular weight excluding hydrogens is 184 g/mol. The minimum Gasteiger partial charge on any atom is -0.351 e. The summed E-state index contributed by atoms with van der Waals surface area (Å²) in [5.74, 6) is -0.485. The summed E-state index contributed by atoms with van der Waals surface area (Å²) in [5.41, 5.74) is 4.27. The number of imide groups is 1. The normalized spacial score (nSPS) is 17.2. The maximum atomic E-state index is 11.1. The van der Waals surface area contributed by atoms with Crippen LogP contribution >= 0.6 is 0 Å². The molecule has 1 saturated carbocycles. The van der Waals surface area contributed by atoms with Crippen LogP contribution in [0.3, 0.4) is 0 Å². The SMILES string of the molecule is CN(CC(=O)NC(N)=O)C1(C#N)CC1. The minimum absolute atomic E-state index is 0.0104. The van der Waals surface area contributed by atoms with Crippen LogP contribution < -0.4 is 11.1 Å². The minimum atomic E-state index is -0.870. The number of nitriles is 1. The third kappa shape index (κ3) is 2.20. The van der Waals surface area contributed by atoms with Crippen molar-refractivity contribution in [1.29, 1.82) is 5.26 Å². The van der Waals surface area contributed by atoms with Gasteiger partial charge in [0.05, 0.1) is 12.6 Å². The van der Waals surface area contributed by atoms with Crippen molar-refractivity contribution >= 4 is 11.9 Å². The molecule has 0 radical (unpaired) electrons. The number of hydrogen-bond donors (Lipinski definition) is 2. The predicted octanol–water partition coefficient (Wildman–Crippen LogP) is -0.831. The lowest BCUT2D eigenvalue weighted by molar-refractivity contribution is -0.121. The summed E-state index contributed by atoms with van der Waals surface area (Å²) in [6.07, 6.45) is 1.54. The number of urea groups is 1. The summed E-state index contributed by atoms with van der Waals surface area (Å²) in [6, 6.07) is 1.27. The first-order valence-electron chi connectivity index (χ1n) is 4.22. The van der Waals surface area contributed by atoms with Crippen LogP contribution in [0.15, 0.2) is 0 Å². The zero-order valence-corrected chi connectivity index (χ0v) is 7.91. The summed E-state index contributed by atoms with van der Waals surface area (Å²) >= 11 is 0. The van der Waals surface area contributed by atoms with Crippen molar-refractivity contribution in [2.75, 3.05) is 13.6 Å². The highest BCUT2D eigenvalue weighted by Crippen LogP contribution is 2.39. The number of nitrogens with one attached hydrogen (secondary N) is 1. The predicted molar refractivity (Wildman–Crippen MR) is 47.9 cm³/mol. The number of likely N-dealkylation sites (N-methyl/N-ethyl adjacent to an activating group) is 1. The lowest BCUT2D eigenvalue weighted by Crippen LogP contribution is -2.44. The summed E-state index contributed by atoms with van der Waals surface area (Å²) in [7, 11) is 1.68. The van der Waals surface area contributed by atoms with Gasteiger partial charge in [-0.25, -0.2) is 4.79 Å². The Bertz CT molecular complexity index is 303. The Hall–Kier alpha value is -1.61. The number of carbonyl (C=O) groups excluding carboxylic acids is 2. The number of rotatable bonds is 3. The molecule has 1 rings (SSSR count). The molecule has 0 aromatic carbocycles. The highest BCUT2D eigenvalue weighted by atomic mass is 16.2. The molecule has 6 nitrogen and oxygen atoms in total. The summed E-state index contributed by atoms with van der Waals surface area (Å²) in [6.45, 7) is 0.0104. The van der Waals surface area contributed by atoms with E-state index >= 15 is 0 Å². The van der Waals surface area contributed by atoms with Crippen molar-refractivity contribution in [3.8, 4) is 6.07 Å². The van der Waals surface area contributed by atoms with Crippen molar-refractivity contribution in [2.45, 2.75) is 18.4 Å². The average Bonchev–Trinajstić information content (AvgIpc) is 2.82. The smallest absolute Gasteiger partial charge is 0.318 e. The monoisotopic (exact) mass is 196 g/mol. The molecule has 0 heterocycles. The fraction of sp³-hybridized carbons (Fsp3) is 0.625. The zero-order valence-electron chi connectivity index (χ0n) is 7.91. The maximum absolute atomic E-state index is 11.1. The van der Waals surface area contributed by atoms with Gasteiger partial charge in [-0.15, -0.1) is 0 Å². The van der Waals surface area contributed by atoms with Crippen molar-refractivity contribution in [3.05, 3.63) is 0 Å². The highest BCUT2D eigenvalue weighted by molar-refractivity contribution is 5.94. The van der Waals surface area contributed by atoms with E-state index in [-0.39, 0.29) is 6.54 Å². The van der Waals surface area contributed by atoms with E-state index in [0.29, 0.717) is 0 Å². The van der Waals surface area contributed by atoms with Crippen LogP contribution in [0.5, 0.6) is 0 Å². The van der Waals surface area contributed by atoms with E-state index in [9.17, 15) is 9.59 Å². The number of primary amides is 1. The topological polar surface area (TPSA) is 99.2 Å². The molecule has 76 valence electrons. The second kappa shape index (κ2) is 3.64. The number of amides is 3. The fourth-order valence-electron chi connectivity index (χ4n) is 1.24. The van der Waals surface area contributed by atoms with E-state index in [1.54, 1.807) is 11.9 Å². The van der Waals surface area contributed by atoms with Gasteiger partial charge in [0.2, 0.25) is 5.91 Å². The molecule has 1 aliphatic rings. The van der Waals surface area contributed by atoms with Crippen molar-refractivity contribution < 1.29 is 9.59 Å². The second-order valence-corrected chi connectivity index (χ2v) is 3.41. The Kier molecular flexibility index (Phi) is 2.72. The van der Waals surface area contributed by atoms with E-state index in [1.807, 2.05) is 5.32 Å². The Morgan fingerprint density at radius 1 is 1.64 bits per heavy atom. The summed E-state index contributed by atoms with van der Waals surface area (Å²) < 4.78 is 0. The summed E-state index contributed by atoms with van der Waals surface area (Å²) in [4.78, 5) is 23.1. The first-order chi connectivity index (χ1) is 6.50. The Morgan fingerprint density at radius 3 is 2.57 bits per heavy atom. The molecule has 0 unspecified atom stereocenters. The molecule has 0 aromatic heterocycles. The van der Waals surface area contributed by atoms with Crippen LogP contribution in [0.1, 0.15) is 12.8 Å². The third-order valence-corrected chi connectivity index (χ3v) is 2.31. The molecule has 6 heteroatoms. The molecular formula is C8H12N4O2. The van der Waals surface area contributed by atoms with E-state index in [4.69, 9.17) is 11.0 Å². The molecule has 0 spiro atoms. The van der Waals surface area contributed by atoms with Crippen LogP contribution in [-0.2, 0) is 4.79 Å². The van der Waals surface area contributed by atoms with E-state index < -0.39 is 17.5 Å². The molecule has 3 amide bonds. The first kappa shape index (κ1) is 10.5. The maximum Gasteiger partial charge on any atom is 0.318 e. The van der Waals surface area contributed by atoms with Gasteiger partial charge in [-0.05, 0) is 19.9 Å². The molecule has 0 bridgehead atoms. The van der Waals surface area contributed by atoms with Crippen LogP contribution in [0, 0.1) is 11.3 Å². The Morgan fingerprint density at radius 2 is 2.21 bits per heavy atom. The average molecular weight is 196 g/mol.